The highest BCUT2D eigenvalue weighted by Gasteiger charge is 2.10. The molecule has 0 amide bonds. The highest BCUT2D eigenvalue weighted by molar-refractivity contribution is 9.10. The Morgan fingerprint density at radius 3 is 2.77 bits per heavy atom. The zero-order valence-corrected chi connectivity index (χ0v) is 20.3. The van der Waals surface area contributed by atoms with Crippen molar-refractivity contribution in [3.05, 3.63) is 50.9 Å². The topological polar surface area (TPSA) is 43.8 Å². The molecule has 0 saturated heterocycles. The SMILES string of the molecule is COCOc1ccc(C=Cc2nc3cc(C)c(N(C)CCOCCF)cc3s2)cc1Br. The van der Waals surface area contributed by atoms with E-state index in [1.54, 1.807) is 18.4 Å². The number of ether oxygens (including phenoxy) is 3. The van der Waals surface area contributed by atoms with Crippen LogP contribution in [0.15, 0.2) is 34.8 Å². The van der Waals surface area contributed by atoms with E-state index >= 15 is 0 Å². The third-order valence-corrected chi connectivity index (χ3v) is 6.24. The van der Waals surface area contributed by atoms with Gasteiger partial charge in [-0.3, -0.25) is 0 Å². The number of benzene rings is 2. The van der Waals surface area contributed by atoms with E-state index in [9.17, 15) is 4.39 Å². The Morgan fingerprint density at radius 1 is 1.19 bits per heavy atom. The third-order valence-electron chi connectivity index (χ3n) is 4.63. The molecule has 8 heteroatoms. The fourth-order valence-electron chi connectivity index (χ4n) is 3.07. The minimum Gasteiger partial charge on any atom is -0.466 e. The van der Waals surface area contributed by atoms with Gasteiger partial charge in [-0.15, -0.1) is 11.3 Å². The van der Waals surface area contributed by atoms with Gasteiger partial charge in [0.15, 0.2) is 6.79 Å². The molecule has 0 aliphatic heterocycles. The van der Waals surface area contributed by atoms with Crippen molar-refractivity contribution in [1.29, 1.82) is 0 Å². The lowest BCUT2D eigenvalue weighted by molar-refractivity contribution is 0.0506. The van der Waals surface area contributed by atoms with Crippen molar-refractivity contribution < 1.29 is 18.6 Å². The van der Waals surface area contributed by atoms with Crippen LogP contribution in [0.2, 0.25) is 0 Å². The number of hydrogen-bond acceptors (Lipinski definition) is 6. The maximum absolute atomic E-state index is 12.2. The van der Waals surface area contributed by atoms with Crippen LogP contribution in [0.1, 0.15) is 16.1 Å². The maximum atomic E-state index is 12.2. The fraction of sp³-hybridized carbons (Fsp3) is 0.348. The Bertz CT molecular complexity index is 1040. The Morgan fingerprint density at radius 2 is 2.03 bits per heavy atom. The number of likely N-dealkylation sites (N-methyl/N-ethyl adjacent to an activating group) is 1. The Labute approximate surface area is 194 Å². The minimum absolute atomic E-state index is 0.149. The summed E-state index contributed by atoms with van der Waals surface area (Å²) in [6.45, 7) is 3.19. The summed E-state index contributed by atoms with van der Waals surface area (Å²) in [6.07, 6.45) is 4.05. The van der Waals surface area contributed by atoms with Gasteiger partial charge in [0.25, 0.3) is 0 Å². The number of rotatable bonds is 11. The summed E-state index contributed by atoms with van der Waals surface area (Å²) >= 11 is 5.18. The molecule has 3 aromatic rings. The lowest BCUT2D eigenvalue weighted by Gasteiger charge is -2.21. The third kappa shape index (κ3) is 6.49. The van der Waals surface area contributed by atoms with Gasteiger partial charge in [-0.1, -0.05) is 12.1 Å². The minimum atomic E-state index is -0.450. The average Bonchev–Trinajstić information content (AvgIpc) is 3.15. The Kier molecular flexibility index (Phi) is 8.83. The molecule has 5 nitrogen and oxygen atoms in total. The first kappa shape index (κ1) is 23.7. The molecule has 31 heavy (non-hydrogen) atoms. The van der Waals surface area contributed by atoms with Crippen LogP contribution in [0.4, 0.5) is 10.1 Å². The number of hydrogen-bond donors (Lipinski definition) is 0. The van der Waals surface area contributed by atoms with Crippen LogP contribution in [0.25, 0.3) is 22.4 Å². The van der Waals surface area contributed by atoms with Crippen molar-refractivity contribution in [2.75, 3.05) is 52.3 Å². The molecule has 0 aliphatic rings. The predicted molar refractivity (Wildman–Crippen MR) is 130 cm³/mol. The molecule has 0 spiro atoms. The normalized spacial score (nSPS) is 11.5. The molecular formula is C23H26BrFN2O3S. The molecule has 0 saturated carbocycles. The molecular weight excluding hydrogens is 483 g/mol. The molecule has 1 aromatic heterocycles. The van der Waals surface area contributed by atoms with Crippen molar-refractivity contribution in [3.63, 3.8) is 0 Å². The van der Waals surface area contributed by atoms with Crippen LogP contribution in [-0.2, 0) is 9.47 Å². The standard InChI is InChI=1S/C23H26BrFN2O3S/c1-16-12-19-22(14-20(16)27(2)9-11-29-10-8-25)31-23(26-19)7-5-17-4-6-21(18(24)13-17)30-15-28-3/h4-7,12-14H,8-11,15H2,1-3H3. The van der Waals surface area contributed by atoms with E-state index in [0.717, 1.165) is 42.3 Å². The first-order chi connectivity index (χ1) is 15.0. The van der Waals surface area contributed by atoms with E-state index in [2.05, 4.69) is 39.9 Å². The number of fused-ring (bicyclic) bond motifs is 1. The Balaban J connectivity index is 1.73. The van der Waals surface area contributed by atoms with Gasteiger partial charge in [-0.05, 0) is 64.3 Å². The van der Waals surface area contributed by atoms with Gasteiger partial charge in [-0.25, -0.2) is 9.37 Å². The monoisotopic (exact) mass is 508 g/mol. The van der Waals surface area contributed by atoms with Crippen LogP contribution in [-0.4, -0.2) is 52.4 Å². The molecule has 0 atom stereocenters. The summed E-state index contributed by atoms with van der Waals surface area (Å²) in [5, 5.41) is 0.941. The maximum Gasteiger partial charge on any atom is 0.188 e. The highest BCUT2D eigenvalue weighted by Crippen LogP contribution is 2.31. The highest BCUT2D eigenvalue weighted by atomic mass is 79.9. The number of aryl methyl sites for hydroxylation is 1. The summed E-state index contributed by atoms with van der Waals surface area (Å²) in [7, 11) is 3.61. The van der Waals surface area contributed by atoms with Crippen LogP contribution >= 0.6 is 27.3 Å². The number of aromatic nitrogens is 1. The zero-order chi connectivity index (χ0) is 22.2. The molecule has 3 rings (SSSR count). The number of thiazole rings is 1. The van der Waals surface area contributed by atoms with Gasteiger partial charge in [0, 0.05) is 26.4 Å². The largest absolute Gasteiger partial charge is 0.466 e. The van der Waals surface area contributed by atoms with Gasteiger partial charge in [-0.2, -0.15) is 0 Å². The second kappa shape index (κ2) is 11.6. The Hall–Kier alpha value is -2.00. The van der Waals surface area contributed by atoms with Gasteiger partial charge >= 0.3 is 0 Å². The number of halogens is 2. The smallest absolute Gasteiger partial charge is 0.188 e. The number of alkyl halides is 1. The zero-order valence-electron chi connectivity index (χ0n) is 17.9. The predicted octanol–water partition coefficient (Wildman–Crippen LogP) is 5.94. The molecule has 0 radical (unpaired) electrons. The lowest BCUT2D eigenvalue weighted by Crippen LogP contribution is -2.23. The number of methoxy groups -OCH3 is 1. The first-order valence-corrected chi connectivity index (χ1v) is 11.5. The summed E-state index contributed by atoms with van der Waals surface area (Å²) in [4.78, 5) is 6.88. The number of anilines is 1. The molecule has 0 bridgehead atoms. The first-order valence-electron chi connectivity index (χ1n) is 9.87. The van der Waals surface area contributed by atoms with Gasteiger partial charge in [0.05, 0.1) is 27.9 Å². The van der Waals surface area contributed by atoms with Crippen LogP contribution in [0, 0.1) is 6.92 Å². The second-order valence-corrected chi connectivity index (χ2v) is 8.87. The van der Waals surface area contributed by atoms with Gasteiger partial charge in [0.2, 0.25) is 0 Å². The molecule has 0 unspecified atom stereocenters. The molecule has 0 aliphatic carbocycles. The molecule has 166 valence electrons. The van der Waals surface area contributed by atoms with Gasteiger partial charge in [0.1, 0.15) is 17.4 Å². The fourth-order valence-corrected chi connectivity index (χ4v) is 4.47. The summed E-state index contributed by atoms with van der Waals surface area (Å²) in [5.74, 6) is 0.737. The second-order valence-electron chi connectivity index (χ2n) is 6.96. The van der Waals surface area contributed by atoms with Crippen LogP contribution < -0.4 is 9.64 Å². The molecule has 2 aromatic carbocycles. The summed E-state index contributed by atoms with van der Waals surface area (Å²) in [5.41, 5.74) is 4.31. The summed E-state index contributed by atoms with van der Waals surface area (Å²) in [6, 6.07) is 10.2. The van der Waals surface area contributed by atoms with E-state index in [4.69, 9.17) is 19.2 Å². The van der Waals surface area contributed by atoms with E-state index < -0.39 is 6.67 Å². The quantitative estimate of drug-likeness (QED) is 0.236. The van der Waals surface area contributed by atoms with E-state index in [-0.39, 0.29) is 13.4 Å². The average molecular weight is 509 g/mol. The summed E-state index contributed by atoms with van der Waals surface area (Å²) < 4.78 is 29.9. The molecule has 0 N–H and O–H groups in total. The van der Waals surface area contributed by atoms with Crippen LogP contribution in [0.5, 0.6) is 5.75 Å². The van der Waals surface area contributed by atoms with Crippen molar-refractivity contribution in [2.24, 2.45) is 0 Å². The van der Waals surface area contributed by atoms with Crippen molar-refractivity contribution in [2.45, 2.75) is 6.92 Å². The number of nitrogens with zero attached hydrogens (tertiary/aromatic N) is 2. The van der Waals surface area contributed by atoms with Crippen molar-refractivity contribution in [1.82, 2.24) is 4.98 Å². The van der Waals surface area contributed by atoms with Gasteiger partial charge < -0.3 is 19.1 Å². The van der Waals surface area contributed by atoms with E-state index in [1.807, 2.05) is 37.4 Å². The van der Waals surface area contributed by atoms with Crippen molar-refractivity contribution >= 4 is 55.3 Å². The van der Waals surface area contributed by atoms with Crippen LogP contribution in [0.3, 0.4) is 0 Å². The van der Waals surface area contributed by atoms with E-state index in [1.165, 1.54) is 0 Å². The van der Waals surface area contributed by atoms with E-state index in [0.29, 0.717) is 13.2 Å². The lowest BCUT2D eigenvalue weighted by atomic mass is 10.1. The van der Waals surface area contributed by atoms with Crippen molar-refractivity contribution in [3.8, 4) is 5.75 Å². The molecule has 0 fully saturated rings. The molecule has 1 heterocycles.